The number of halogens is 1. The number of amides is 1. The number of ketones is 1. The molecule has 0 aromatic carbocycles. The highest BCUT2D eigenvalue weighted by Gasteiger charge is 2.49. The van der Waals surface area contributed by atoms with Gasteiger partial charge in [-0.25, -0.2) is 8.96 Å². The summed E-state index contributed by atoms with van der Waals surface area (Å²) in [6.45, 7) is 5.30. The fraction of sp³-hybridized carbons (Fsp3) is 0.800. The van der Waals surface area contributed by atoms with Gasteiger partial charge < -0.3 is 14.2 Å². The van der Waals surface area contributed by atoms with E-state index in [9.17, 15) is 18.5 Å². The maximum absolute atomic E-state index is 13.6. The van der Waals surface area contributed by atoms with Crippen molar-refractivity contribution in [1.29, 1.82) is 0 Å². The predicted molar refractivity (Wildman–Crippen MR) is 109 cm³/mol. The Morgan fingerprint density at radius 2 is 1.91 bits per heavy atom. The van der Waals surface area contributed by atoms with Crippen molar-refractivity contribution in [1.82, 2.24) is 4.90 Å². The molecule has 0 radical (unpaired) electrons. The Hall–Kier alpha value is -1.20. The van der Waals surface area contributed by atoms with Crippen molar-refractivity contribution in [3.63, 3.8) is 0 Å². The van der Waals surface area contributed by atoms with E-state index in [1.165, 1.54) is 0 Å². The van der Waals surface area contributed by atoms with Gasteiger partial charge in [-0.3, -0.25) is 28.1 Å². The zero-order chi connectivity index (χ0) is 23.1. The van der Waals surface area contributed by atoms with E-state index in [1.54, 1.807) is 0 Å². The van der Waals surface area contributed by atoms with E-state index in [4.69, 9.17) is 27.8 Å². The first-order valence-corrected chi connectivity index (χ1v) is 12.5. The van der Waals surface area contributed by atoms with Crippen LogP contribution in [0.5, 0.6) is 0 Å². The number of carbonyl (C=O) groups excluding carboxylic acids is 2. The van der Waals surface area contributed by atoms with Crippen LogP contribution in [0.25, 0.3) is 0 Å². The second-order valence-corrected chi connectivity index (χ2v) is 9.40. The molecule has 3 heterocycles. The Bertz CT molecular complexity index is 741. The standard InChI is InChI=1S/C20H31FNO9P/c1-3-7-26-20(27-8-4-2)6-5-9-28-32(25)29-13-17-16(31-32)11-19(30-17)22-12-14(21)15(23)10-18(22)24/h12,16-17,19-20H,3-11,13H2,1-2H3/t16-,17+,19+,32?/m0/s1. The summed E-state index contributed by atoms with van der Waals surface area (Å²) < 4.78 is 59.7. The van der Waals surface area contributed by atoms with Crippen molar-refractivity contribution in [3.8, 4) is 0 Å². The Balaban J connectivity index is 1.46. The Morgan fingerprint density at radius 1 is 1.19 bits per heavy atom. The summed E-state index contributed by atoms with van der Waals surface area (Å²) >= 11 is 0. The SMILES string of the molecule is CCCOC(CCCOP1(=O)OC[C@H]2O[C@@H](N3C=C(F)C(=O)CC3=O)C[C@@H]2O1)OCCC. The average Bonchev–Trinajstić information content (AvgIpc) is 3.17. The van der Waals surface area contributed by atoms with Crippen LogP contribution in [0.1, 0.15) is 52.4 Å². The van der Waals surface area contributed by atoms with Crippen molar-refractivity contribution in [3.05, 3.63) is 12.0 Å². The highest BCUT2D eigenvalue weighted by molar-refractivity contribution is 7.48. The molecule has 0 N–H and O–H groups in total. The molecular weight excluding hydrogens is 448 g/mol. The monoisotopic (exact) mass is 479 g/mol. The molecule has 32 heavy (non-hydrogen) atoms. The zero-order valence-electron chi connectivity index (χ0n) is 18.4. The van der Waals surface area contributed by atoms with E-state index < -0.39 is 50.2 Å². The number of ether oxygens (including phenoxy) is 3. The summed E-state index contributed by atoms with van der Waals surface area (Å²) in [6.07, 6.45) is 0.904. The first-order valence-electron chi connectivity index (χ1n) is 11.0. The fourth-order valence-electron chi connectivity index (χ4n) is 3.52. The molecule has 3 aliphatic heterocycles. The van der Waals surface area contributed by atoms with Gasteiger partial charge in [0.2, 0.25) is 11.7 Å². The van der Waals surface area contributed by atoms with Gasteiger partial charge in [-0.15, -0.1) is 0 Å². The molecular formula is C20H31FNO9P. The van der Waals surface area contributed by atoms with Gasteiger partial charge in [0, 0.05) is 32.3 Å². The summed E-state index contributed by atoms with van der Waals surface area (Å²) in [6, 6.07) is 0. The number of phosphoric ester groups is 1. The summed E-state index contributed by atoms with van der Waals surface area (Å²) in [7, 11) is -3.80. The third-order valence-electron chi connectivity index (χ3n) is 5.12. The van der Waals surface area contributed by atoms with Crippen molar-refractivity contribution in [2.75, 3.05) is 26.4 Å². The number of rotatable bonds is 12. The van der Waals surface area contributed by atoms with Gasteiger partial charge in [-0.1, -0.05) is 13.8 Å². The molecule has 0 aromatic heterocycles. The molecule has 1 unspecified atom stereocenters. The highest BCUT2D eigenvalue weighted by Crippen LogP contribution is 2.56. The van der Waals surface area contributed by atoms with Crippen LogP contribution in [0.15, 0.2) is 12.0 Å². The number of carbonyl (C=O) groups is 2. The fourth-order valence-corrected chi connectivity index (χ4v) is 4.96. The third-order valence-corrected chi connectivity index (χ3v) is 6.61. The molecule has 1 amide bonds. The van der Waals surface area contributed by atoms with Crippen LogP contribution in [0, 0.1) is 0 Å². The summed E-state index contributed by atoms with van der Waals surface area (Å²) in [5.74, 6) is -2.43. The molecule has 10 nitrogen and oxygen atoms in total. The van der Waals surface area contributed by atoms with Crippen LogP contribution in [0.3, 0.4) is 0 Å². The molecule has 12 heteroatoms. The number of fused-ring (bicyclic) bond motifs is 1. The zero-order valence-corrected chi connectivity index (χ0v) is 19.3. The highest BCUT2D eigenvalue weighted by atomic mass is 31.2. The number of hydrogen-bond acceptors (Lipinski definition) is 9. The second-order valence-electron chi connectivity index (χ2n) is 7.78. The van der Waals surface area contributed by atoms with E-state index in [-0.39, 0.29) is 25.9 Å². The third kappa shape index (κ3) is 6.66. The first kappa shape index (κ1) is 25.4. The molecule has 3 aliphatic rings. The van der Waals surface area contributed by atoms with Crippen molar-refractivity contribution in [2.45, 2.75) is 77.1 Å². The van der Waals surface area contributed by atoms with Gasteiger partial charge in [0.15, 0.2) is 12.1 Å². The lowest BCUT2D eigenvalue weighted by atomic mass is 10.1. The molecule has 0 aliphatic carbocycles. The lowest BCUT2D eigenvalue weighted by Gasteiger charge is -2.30. The maximum Gasteiger partial charge on any atom is 0.475 e. The number of hydrogen-bond donors (Lipinski definition) is 0. The quantitative estimate of drug-likeness (QED) is 0.180. The van der Waals surface area contributed by atoms with Crippen LogP contribution in [0.2, 0.25) is 0 Å². The van der Waals surface area contributed by atoms with E-state index in [1.807, 2.05) is 13.8 Å². The largest absolute Gasteiger partial charge is 0.475 e. The minimum atomic E-state index is -3.80. The maximum atomic E-state index is 13.6. The average molecular weight is 479 g/mol. The van der Waals surface area contributed by atoms with Crippen LogP contribution < -0.4 is 0 Å². The lowest BCUT2D eigenvalue weighted by Crippen LogP contribution is -2.40. The molecule has 0 aromatic rings. The van der Waals surface area contributed by atoms with Gasteiger partial charge in [0.1, 0.15) is 18.4 Å². The van der Waals surface area contributed by atoms with E-state index in [0.717, 1.165) is 23.9 Å². The summed E-state index contributed by atoms with van der Waals surface area (Å²) in [5, 5.41) is 0. The minimum absolute atomic E-state index is 0.0482. The van der Waals surface area contributed by atoms with Gasteiger partial charge in [0.05, 0.1) is 19.6 Å². The molecule has 0 saturated carbocycles. The number of phosphoric acid groups is 1. The molecule has 2 fully saturated rings. The molecule has 0 spiro atoms. The molecule has 182 valence electrons. The van der Waals surface area contributed by atoms with E-state index >= 15 is 0 Å². The number of allylic oxidation sites excluding steroid dienone is 1. The van der Waals surface area contributed by atoms with Gasteiger partial charge >= 0.3 is 7.82 Å². The van der Waals surface area contributed by atoms with Crippen LogP contribution in [-0.4, -0.2) is 67.7 Å². The first-order chi connectivity index (χ1) is 15.3. The molecule has 4 atom stereocenters. The number of nitrogens with zero attached hydrogens (tertiary/aromatic N) is 1. The Labute approximate surface area is 186 Å². The minimum Gasteiger partial charge on any atom is -0.353 e. The van der Waals surface area contributed by atoms with Gasteiger partial charge in [0.25, 0.3) is 0 Å². The van der Waals surface area contributed by atoms with E-state index in [0.29, 0.717) is 26.1 Å². The second kappa shape index (κ2) is 11.8. The van der Waals surface area contributed by atoms with Crippen LogP contribution in [-0.2, 0) is 41.9 Å². The van der Waals surface area contributed by atoms with Crippen molar-refractivity contribution < 1.29 is 46.3 Å². The van der Waals surface area contributed by atoms with Gasteiger partial charge in [-0.2, -0.15) is 0 Å². The van der Waals surface area contributed by atoms with Crippen molar-refractivity contribution in [2.24, 2.45) is 0 Å². The molecule has 2 saturated heterocycles. The normalized spacial score (nSPS) is 30.7. The van der Waals surface area contributed by atoms with Crippen LogP contribution >= 0.6 is 7.82 Å². The number of Topliss-reactive ketones (excluding diaryl/α,β-unsaturated/α-hetero) is 1. The topological polar surface area (TPSA) is 110 Å². The smallest absolute Gasteiger partial charge is 0.353 e. The van der Waals surface area contributed by atoms with Gasteiger partial charge in [-0.05, 0) is 19.3 Å². The Kier molecular flexibility index (Phi) is 9.36. The molecule has 3 rings (SSSR count). The lowest BCUT2D eigenvalue weighted by molar-refractivity contribution is -0.147. The summed E-state index contributed by atoms with van der Waals surface area (Å²) in [5.41, 5.74) is 0. The predicted octanol–water partition coefficient (Wildman–Crippen LogP) is 3.21. The van der Waals surface area contributed by atoms with Crippen LogP contribution in [0.4, 0.5) is 4.39 Å². The van der Waals surface area contributed by atoms with Crippen molar-refractivity contribution >= 4 is 19.5 Å². The Morgan fingerprint density at radius 3 is 2.59 bits per heavy atom. The summed E-state index contributed by atoms with van der Waals surface area (Å²) in [4.78, 5) is 24.4. The molecule has 0 bridgehead atoms. The van der Waals surface area contributed by atoms with E-state index in [2.05, 4.69) is 0 Å².